The van der Waals surface area contributed by atoms with Crippen LogP contribution in [0, 0.1) is 5.92 Å². The van der Waals surface area contributed by atoms with Crippen molar-refractivity contribution < 1.29 is 0 Å². The maximum atomic E-state index is 5.14. The normalized spacial score (nSPS) is 16.9. The van der Waals surface area contributed by atoms with Crippen LogP contribution in [0.15, 0.2) is 0 Å². The van der Waals surface area contributed by atoms with Gasteiger partial charge in [-0.1, -0.05) is 32.6 Å². The van der Waals surface area contributed by atoms with E-state index in [1.165, 1.54) is 32.1 Å². The van der Waals surface area contributed by atoms with Gasteiger partial charge in [-0.15, -0.1) is 0 Å². The van der Waals surface area contributed by atoms with E-state index in [2.05, 4.69) is 17.6 Å². The molecule has 0 aromatic rings. The van der Waals surface area contributed by atoms with E-state index in [0.717, 1.165) is 30.5 Å². The fourth-order valence-corrected chi connectivity index (χ4v) is 2.19. The Bertz CT molecular complexity index is 165. The van der Waals surface area contributed by atoms with Crippen molar-refractivity contribution in [3.05, 3.63) is 0 Å². The number of nitrogens with one attached hydrogen (secondary N) is 2. The summed E-state index contributed by atoms with van der Waals surface area (Å²) in [6, 6.07) is 0. The maximum Gasteiger partial charge on any atom is 0.166 e. The minimum absolute atomic E-state index is 0.824. The first-order valence-electron chi connectivity index (χ1n) is 5.84. The smallest absolute Gasteiger partial charge is 0.166 e. The van der Waals surface area contributed by atoms with Crippen molar-refractivity contribution in [2.75, 3.05) is 13.1 Å². The molecule has 0 spiro atoms. The van der Waals surface area contributed by atoms with E-state index in [-0.39, 0.29) is 0 Å². The first-order valence-corrected chi connectivity index (χ1v) is 6.25. The van der Waals surface area contributed by atoms with E-state index in [1.54, 1.807) is 0 Å². The summed E-state index contributed by atoms with van der Waals surface area (Å²) in [6.07, 6.45) is 8.14. The first kappa shape index (κ1) is 11.8. The Morgan fingerprint density at radius 1 is 1.21 bits per heavy atom. The van der Waals surface area contributed by atoms with Gasteiger partial charge in [-0.3, -0.25) is 0 Å². The van der Waals surface area contributed by atoms with E-state index >= 15 is 0 Å². The van der Waals surface area contributed by atoms with Gasteiger partial charge in [0.05, 0.1) is 0 Å². The van der Waals surface area contributed by atoms with Crippen molar-refractivity contribution in [3.63, 3.8) is 0 Å². The van der Waals surface area contributed by atoms with Crippen molar-refractivity contribution in [2.24, 2.45) is 5.92 Å². The van der Waals surface area contributed by atoms with Crippen LogP contribution in [0.1, 0.15) is 45.4 Å². The van der Waals surface area contributed by atoms with Crippen molar-refractivity contribution in [1.82, 2.24) is 10.6 Å². The maximum absolute atomic E-state index is 5.14. The highest BCUT2D eigenvalue weighted by Crippen LogP contribution is 2.26. The van der Waals surface area contributed by atoms with Crippen LogP contribution in [0.5, 0.6) is 0 Å². The van der Waals surface area contributed by atoms with Crippen LogP contribution in [-0.4, -0.2) is 18.2 Å². The van der Waals surface area contributed by atoms with Crippen molar-refractivity contribution in [2.45, 2.75) is 45.4 Å². The Morgan fingerprint density at radius 3 is 2.50 bits per heavy atom. The number of hydrogen-bond donors (Lipinski definition) is 2. The average molecular weight is 214 g/mol. The molecule has 1 aliphatic carbocycles. The quantitative estimate of drug-likeness (QED) is 0.687. The lowest BCUT2D eigenvalue weighted by Crippen LogP contribution is -2.36. The minimum Gasteiger partial charge on any atom is -0.363 e. The van der Waals surface area contributed by atoms with E-state index in [9.17, 15) is 0 Å². The minimum atomic E-state index is 0.824. The fourth-order valence-electron chi connectivity index (χ4n) is 1.99. The van der Waals surface area contributed by atoms with Gasteiger partial charge in [-0.05, 0) is 31.0 Å². The Kier molecular flexibility index (Phi) is 5.92. The molecule has 0 aromatic heterocycles. The summed E-state index contributed by atoms with van der Waals surface area (Å²) in [6.45, 7) is 4.17. The first-order chi connectivity index (χ1) is 6.83. The van der Waals surface area contributed by atoms with Crippen LogP contribution in [0.4, 0.5) is 0 Å². The molecule has 1 fully saturated rings. The molecule has 0 amide bonds. The van der Waals surface area contributed by atoms with Gasteiger partial charge in [0.15, 0.2) is 5.11 Å². The Balaban J connectivity index is 1.94. The zero-order chi connectivity index (χ0) is 10.2. The van der Waals surface area contributed by atoms with Gasteiger partial charge in [-0.25, -0.2) is 0 Å². The Hall–Kier alpha value is -0.310. The molecule has 0 bridgehead atoms. The van der Waals surface area contributed by atoms with Gasteiger partial charge >= 0.3 is 0 Å². The van der Waals surface area contributed by atoms with E-state index in [4.69, 9.17) is 12.2 Å². The predicted octanol–water partition coefficient (Wildman–Crippen LogP) is 2.44. The molecule has 0 radical (unpaired) electrons. The van der Waals surface area contributed by atoms with Gasteiger partial charge < -0.3 is 10.6 Å². The summed E-state index contributed by atoms with van der Waals surface area (Å²) in [5.41, 5.74) is 0. The van der Waals surface area contributed by atoms with E-state index < -0.39 is 0 Å². The molecule has 0 unspecified atom stereocenters. The van der Waals surface area contributed by atoms with Crippen LogP contribution < -0.4 is 10.6 Å². The van der Waals surface area contributed by atoms with Crippen LogP contribution in [0.2, 0.25) is 0 Å². The highest BCUT2D eigenvalue weighted by molar-refractivity contribution is 7.80. The molecular weight excluding hydrogens is 192 g/mol. The Morgan fingerprint density at radius 2 is 1.86 bits per heavy atom. The molecule has 0 atom stereocenters. The predicted molar refractivity (Wildman–Crippen MR) is 65.5 cm³/mol. The molecular formula is C11H22N2S. The van der Waals surface area contributed by atoms with Crippen molar-refractivity contribution in [3.8, 4) is 0 Å². The second-order valence-electron chi connectivity index (χ2n) is 4.12. The Labute approximate surface area is 92.8 Å². The average Bonchev–Trinajstić information content (AvgIpc) is 2.67. The van der Waals surface area contributed by atoms with Gasteiger partial charge in [0.1, 0.15) is 0 Å². The standard InChI is InChI=1S/C11H22N2S/c1-2-8-12-11(14)13-9-7-10-5-3-4-6-10/h10H,2-9H2,1H3,(H2,12,13,14). The molecule has 2 nitrogen and oxygen atoms in total. The third-order valence-electron chi connectivity index (χ3n) is 2.85. The highest BCUT2D eigenvalue weighted by atomic mass is 32.1. The van der Waals surface area contributed by atoms with Crippen LogP contribution >= 0.6 is 12.2 Å². The van der Waals surface area contributed by atoms with Crippen molar-refractivity contribution >= 4 is 17.3 Å². The summed E-state index contributed by atoms with van der Waals surface area (Å²) in [7, 11) is 0. The molecule has 0 aliphatic heterocycles. The van der Waals surface area contributed by atoms with Gasteiger partial charge in [0, 0.05) is 13.1 Å². The third-order valence-corrected chi connectivity index (χ3v) is 3.14. The van der Waals surface area contributed by atoms with E-state index in [0.29, 0.717) is 0 Å². The lowest BCUT2D eigenvalue weighted by atomic mass is 10.0. The zero-order valence-corrected chi connectivity index (χ0v) is 9.96. The van der Waals surface area contributed by atoms with Gasteiger partial charge in [0.25, 0.3) is 0 Å². The summed E-state index contributed by atoms with van der Waals surface area (Å²) >= 11 is 5.14. The van der Waals surface area contributed by atoms with Crippen LogP contribution in [-0.2, 0) is 0 Å². The lowest BCUT2D eigenvalue weighted by molar-refractivity contribution is 0.499. The van der Waals surface area contributed by atoms with Crippen LogP contribution in [0.25, 0.3) is 0 Å². The molecule has 1 aliphatic rings. The molecule has 14 heavy (non-hydrogen) atoms. The zero-order valence-electron chi connectivity index (χ0n) is 9.14. The molecule has 1 saturated carbocycles. The monoisotopic (exact) mass is 214 g/mol. The molecule has 82 valence electrons. The second kappa shape index (κ2) is 7.04. The number of hydrogen-bond acceptors (Lipinski definition) is 1. The molecule has 0 saturated heterocycles. The van der Waals surface area contributed by atoms with Gasteiger partial charge in [0.2, 0.25) is 0 Å². The lowest BCUT2D eigenvalue weighted by Gasteiger charge is -2.12. The highest BCUT2D eigenvalue weighted by Gasteiger charge is 2.13. The number of rotatable bonds is 5. The summed E-state index contributed by atoms with van der Waals surface area (Å²) in [5.74, 6) is 0.955. The largest absolute Gasteiger partial charge is 0.363 e. The van der Waals surface area contributed by atoms with Gasteiger partial charge in [-0.2, -0.15) is 0 Å². The number of thiocarbonyl (C=S) groups is 1. The van der Waals surface area contributed by atoms with Crippen molar-refractivity contribution in [1.29, 1.82) is 0 Å². The third kappa shape index (κ3) is 4.80. The molecule has 0 aromatic carbocycles. The molecule has 2 N–H and O–H groups in total. The van der Waals surface area contributed by atoms with E-state index in [1.807, 2.05) is 0 Å². The van der Waals surface area contributed by atoms with Crippen LogP contribution in [0.3, 0.4) is 0 Å². The SMILES string of the molecule is CCCNC(=S)NCCC1CCCC1. The molecule has 0 heterocycles. The summed E-state index contributed by atoms with van der Waals surface area (Å²) in [5, 5.41) is 7.27. The fraction of sp³-hybridized carbons (Fsp3) is 0.909. The second-order valence-corrected chi connectivity index (χ2v) is 4.53. The molecule has 1 rings (SSSR count). The summed E-state index contributed by atoms with van der Waals surface area (Å²) < 4.78 is 0. The topological polar surface area (TPSA) is 24.1 Å². The summed E-state index contributed by atoms with van der Waals surface area (Å²) in [4.78, 5) is 0. The molecule has 3 heteroatoms.